The summed E-state index contributed by atoms with van der Waals surface area (Å²) in [5, 5.41) is 20.7. The lowest BCUT2D eigenvalue weighted by molar-refractivity contribution is 0.478. The van der Waals surface area contributed by atoms with E-state index in [9.17, 15) is 5.11 Å². The first-order valence-electron chi connectivity index (χ1n) is 25.6. The van der Waals surface area contributed by atoms with E-state index < -0.39 is 0 Å². The molecule has 4 nitrogen and oxygen atoms in total. The van der Waals surface area contributed by atoms with Crippen LogP contribution in [0.25, 0.3) is 82.4 Å². The molecular formula is C69H56N2O2. The number of phenolic OH excluding ortho intramolecular Hbond substituents is 1. The van der Waals surface area contributed by atoms with Crippen LogP contribution in [0.2, 0.25) is 0 Å². The van der Waals surface area contributed by atoms with Crippen molar-refractivity contribution in [2.75, 3.05) is 9.80 Å². The first-order valence-corrected chi connectivity index (χ1v) is 25.6. The molecule has 0 amide bonds. The minimum absolute atomic E-state index is 0.221. The average molecular weight is 945 g/mol. The Morgan fingerprint density at radius 2 is 0.973 bits per heavy atom. The van der Waals surface area contributed by atoms with Gasteiger partial charge in [-0.25, -0.2) is 0 Å². The number of hydrogen-bond donors (Lipinski definition) is 1. The summed E-state index contributed by atoms with van der Waals surface area (Å²) in [4.78, 5) is 4.65. The Bertz CT molecular complexity index is 4030. The summed E-state index contributed by atoms with van der Waals surface area (Å²) >= 11 is 0. The van der Waals surface area contributed by atoms with Gasteiger partial charge < -0.3 is 19.3 Å². The van der Waals surface area contributed by atoms with Crippen LogP contribution in [0.1, 0.15) is 48.3 Å². The number of aromatic hydroxyl groups is 1. The number of allylic oxidation sites excluding steroid dienone is 1. The number of anilines is 5. The second-order valence-corrected chi connectivity index (χ2v) is 19.1. The summed E-state index contributed by atoms with van der Waals surface area (Å²) < 4.78 is 7.14. The Kier molecular flexibility index (Phi) is 11.6. The highest BCUT2D eigenvalue weighted by Crippen LogP contribution is 2.51. The van der Waals surface area contributed by atoms with Gasteiger partial charge in [0.1, 0.15) is 11.3 Å². The topological polar surface area (TPSA) is 39.9 Å². The Morgan fingerprint density at radius 1 is 0.438 bits per heavy atom. The van der Waals surface area contributed by atoms with Gasteiger partial charge in [-0.2, -0.15) is 0 Å². The van der Waals surface area contributed by atoms with E-state index in [2.05, 4.69) is 237 Å². The van der Waals surface area contributed by atoms with Crippen LogP contribution >= 0.6 is 0 Å². The molecule has 0 spiro atoms. The number of hydrogen-bond acceptors (Lipinski definition) is 4. The average Bonchev–Trinajstić information content (AvgIpc) is 3.83. The van der Waals surface area contributed by atoms with E-state index >= 15 is 0 Å². The van der Waals surface area contributed by atoms with Crippen molar-refractivity contribution < 1.29 is 9.52 Å². The van der Waals surface area contributed by atoms with Crippen LogP contribution in [0.5, 0.6) is 5.75 Å². The van der Waals surface area contributed by atoms with E-state index in [4.69, 9.17) is 4.42 Å². The van der Waals surface area contributed by atoms with Gasteiger partial charge in [0.2, 0.25) is 0 Å². The molecule has 0 atom stereocenters. The fourth-order valence-electron chi connectivity index (χ4n) is 11.2. The lowest BCUT2D eigenvalue weighted by atomic mass is 9.91. The summed E-state index contributed by atoms with van der Waals surface area (Å²) in [6.45, 7) is 10.4. The largest absolute Gasteiger partial charge is 0.505 e. The Morgan fingerprint density at radius 3 is 1.64 bits per heavy atom. The number of rotatable bonds is 9. The summed E-state index contributed by atoms with van der Waals surface area (Å²) in [6, 6.07) is 75.8. The first-order chi connectivity index (χ1) is 35.9. The molecule has 1 aromatic heterocycles. The van der Waals surface area contributed by atoms with Gasteiger partial charge in [0.25, 0.3) is 0 Å². The second kappa shape index (κ2) is 18.7. The Labute approximate surface area is 427 Å². The fraction of sp³-hybridized carbons (Fsp3) is 0.101. The van der Waals surface area contributed by atoms with Gasteiger partial charge in [-0.05, 0) is 132 Å². The third-order valence-corrected chi connectivity index (χ3v) is 14.7. The SMILES string of the molecule is CC.Cc1ccc(N(C2=CCCc3c2oc2c(-c4ccccc4)cccc32)c2ccc3ccc4c(N(c5ccc(C)cc5)c5cccc(-c6cccc(-c7ccccc7C)c6)c5O)ccc5ccc2c3c54)cc1. The summed E-state index contributed by atoms with van der Waals surface area (Å²) in [7, 11) is 0. The van der Waals surface area contributed by atoms with Crippen molar-refractivity contribution in [2.45, 2.75) is 47.5 Å². The number of phenols is 1. The van der Waals surface area contributed by atoms with Gasteiger partial charge in [-0.1, -0.05) is 195 Å². The highest BCUT2D eigenvalue weighted by Gasteiger charge is 2.30. The normalized spacial score (nSPS) is 12.2. The van der Waals surface area contributed by atoms with Gasteiger partial charge in [0.05, 0.1) is 22.8 Å². The van der Waals surface area contributed by atoms with Gasteiger partial charge in [0, 0.05) is 44.2 Å². The molecule has 0 aliphatic heterocycles. The lowest BCUT2D eigenvalue weighted by Gasteiger charge is -2.31. The van der Waals surface area contributed by atoms with Crippen molar-refractivity contribution >= 4 is 77.4 Å². The van der Waals surface area contributed by atoms with Crippen LogP contribution in [0.15, 0.2) is 223 Å². The molecule has 12 aromatic rings. The lowest BCUT2D eigenvalue weighted by Crippen LogP contribution is -2.18. The highest BCUT2D eigenvalue weighted by atomic mass is 16.3. The van der Waals surface area contributed by atoms with Crippen LogP contribution in [0.4, 0.5) is 28.4 Å². The smallest absolute Gasteiger partial charge is 0.155 e. The quantitative estimate of drug-likeness (QED) is 0.146. The van der Waals surface area contributed by atoms with Crippen molar-refractivity contribution in [3.63, 3.8) is 0 Å². The molecule has 1 aliphatic rings. The molecule has 11 aromatic carbocycles. The molecule has 0 bridgehead atoms. The monoisotopic (exact) mass is 944 g/mol. The molecule has 0 fully saturated rings. The maximum Gasteiger partial charge on any atom is 0.155 e. The van der Waals surface area contributed by atoms with Crippen molar-refractivity contribution in [3.05, 3.63) is 246 Å². The predicted octanol–water partition coefficient (Wildman–Crippen LogP) is 19.6. The molecule has 0 saturated carbocycles. The maximum absolute atomic E-state index is 12.6. The molecule has 1 N–H and O–H groups in total. The maximum atomic E-state index is 12.6. The van der Waals surface area contributed by atoms with Crippen LogP contribution in [0, 0.1) is 20.8 Å². The second-order valence-electron chi connectivity index (χ2n) is 19.1. The molecule has 13 rings (SSSR count). The number of nitrogens with zero attached hydrogens (tertiary/aromatic N) is 2. The standard InChI is InChI=1S/C67H50N2O2.C2H6/c1-42-25-33-50(34-26-42)68(61-23-11-19-53(65(61)70)49-17-9-16-48(41-49)52-18-8-7-13-44(52)3)59-39-31-46-30-38-58-60(40-32-47-29-37-57(59)63(46)64(47)58)69(51-35-27-43(2)28-36-51)62-24-12-22-56-55-21-10-20-54(66(55)71-67(56)62)45-14-5-4-6-15-45;1-2/h4-11,13-21,23-41,70H,12,22H2,1-3H3;1-2H3. The van der Waals surface area contributed by atoms with E-state index in [1.165, 1.54) is 44.0 Å². The van der Waals surface area contributed by atoms with Crippen molar-refractivity contribution in [1.29, 1.82) is 0 Å². The molecule has 1 heterocycles. The molecule has 73 heavy (non-hydrogen) atoms. The third-order valence-electron chi connectivity index (χ3n) is 14.7. The van der Waals surface area contributed by atoms with Gasteiger partial charge >= 0.3 is 0 Å². The molecule has 0 saturated heterocycles. The summed E-state index contributed by atoms with van der Waals surface area (Å²) in [5.41, 5.74) is 17.9. The van der Waals surface area contributed by atoms with E-state index in [0.717, 1.165) is 102 Å². The highest BCUT2D eigenvalue weighted by molar-refractivity contribution is 6.28. The summed E-state index contributed by atoms with van der Waals surface area (Å²) in [6.07, 6.45) is 4.16. The van der Waals surface area contributed by atoms with E-state index in [1.54, 1.807) is 0 Å². The number of furan rings is 1. The zero-order chi connectivity index (χ0) is 49.7. The Balaban J connectivity index is 0.00000268. The van der Waals surface area contributed by atoms with Crippen LogP contribution < -0.4 is 9.80 Å². The zero-order valence-electron chi connectivity index (χ0n) is 41.9. The summed E-state index contributed by atoms with van der Waals surface area (Å²) in [5.74, 6) is 1.14. The Hall–Kier alpha value is -8.86. The number of benzene rings is 11. The van der Waals surface area contributed by atoms with Gasteiger partial charge in [-0.15, -0.1) is 0 Å². The van der Waals surface area contributed by atoms with Gasteiger partial charge in [-0.3, -0.25) is 0 Å². The minimum Gasteiger partial charge on any atom is -0.505 e. The zero-order valence-corrected chi connectivity index (χ0v) is 41.9. The van der Waals surface area contributed by atoms with Gasteiger partial charge in [0.15, 0.2) is 5.76 Å². The molecule has 4 heteroatoms. The molecule has 0 radical (unpaired) electrons. The van der Waals surface area contributed by atoms with Crippen molar-refractivity contribution in [3.8, 4) is 39.1 Å². The number of aryl methyl sites for hydroxylation is 4. The molecule has 1 aliphatic carbocycles. The van der Waals surface area contributed by atoms with Crippen molar-refractivity contribution in [1.82, 2.24) is 0 Å². The van der Waals surface area contributed by atoms with Crippen LogP contribution in [-0.4, -0.2) is 5.11 Å². The van der Waals surface area contributed by atoms with Crippen molar-refractivity contribution in [2.24, 2.45) is 0 Å². The van der Waals surface area contributed by atoms with Crippen LogP contribution in [-0.2, 0) is 6.42 Å². The first kappa shape index (κ1) is 45.3. The van der Waals surface area contributed by atoms with E-state index in [-0.39, 0.29) is 5.75 Å². The van der Waals surface area contributed by atoms with Crippen LogP contribution in [0.3, 0.4) is 0 Å². The number of fused-ring (bicyclic) bond motifs is 3. The van der Waals surface area contributed by atoms with E-state index in [0.29, 0.717) is 5.69 Å². The molecule has 0 unspecified atom stereocenters. The minimum atomic E-state index is 0.221. The molecule has 354 valence electrons. The predicted molar refractivity (Wildman–Crippen MR) is 309 cm³/mol. The third kappa shape index (κ3) is 7.78. The van der Waals surface area contributed by atoms with E-state index in [1.807, 2.05) is 26.0 Å². The fourth-order valence-corrected chi connectivity index (χ4v) is 11.2. The number of para-hydroxylation sites is 2. The molecular weight excluding hydrogens is 889 g/mol.